The highest BCUT2D eigenvalue weighted by Gasteiger charge is 2.48. The molecule has 0 aliphatic carbocycles. The molecule has 4 nitrogen and oxygen atoms in total. The van der Waals surface area contributed by atoms with Crippen LogP contribution in [0.15, 0.2) is 29.6 Å². The SMILES string of the molecule is Cc1csc(-c2cccc(OS(=O)(=O)C(F)(F)F)c2CN)c1.S. The third-order valence-corrected chi connectivity index (χ3v) is 4.86. The van der Waals surface area contributed by atoms with Crippen molar-refractivity contribution in [1.82, 2.24) is 0 Å². The maximum atomic E-state index is 12.4. The van der Waals surface area contributed by atoms with E-state index in [4.69, 9.17) is 5.73 Å². The molecule has 0 aliphatic rings. The van der Waals surface area contributed by atoms with Gasteiger partial charge in [0.1, 0.15) is 5.75 Å². The number of rotatable bonds is 4. The first kappa shape index (κ1) is 19.8. The average molecular weight is 385 g/mol. The van der Waals surface area contributed by atoms with Crippen LogP contribution >= 0.6 is 24.8 Å². The van der Waals surface area contributed by atoms with Crippen molar-refractivity contribution in [2.75, 3.05) is 0 Å². The molecule has 0 bridgehead atoms. The summed E-state index contributed by atoms with van der Waals surface area (Å²) < 4.78 is 63.9. The molecule has 23 heavy (non-hydrogen) atoms. The Morgan fingerprint density at radius 3 is 2.43 bits per heavy atom. The number of thiophene rings is 1. The van der Waals surface area contributed by atoms with Crippen molar-refractivity contribution in [2.45, 2.75) is 19.0 Å². The molecule has 1 aromatic carbocycles. The van der Waals surface area contributed by atoms with Gasteiger partial charge in [0.15, 0.2) is 0 Å². The van der Waals surface area contributed by atoms with E-state index in [1.54, 1.807) is 6.07 Å². The fraction of sp³-hybridized carbons (Fsp3) is 0.231. The minimum absolute atomic E-state index is 0. The van der Waals surface area contributed by atoms with Crippen molar-refractivity contribution in [3.05, 3.63) is 40.8 Å². The van der Waals surface area contributed by atoms with Gasteiger partial charge in [-0.3, -0.25) is 0 Å². The Kier molecular flexibility index (Phi) is 6.13. The smallest absolute Gasteiger partial charge is 0.376 e. The summed E-state index contributed by atoms with van der Waals surface area (Å²) in [5.74, 6) is -0.414. The Hall–Kier alpha value is -1.23. The second-order valence-corrected chi connectivity index (χ2v) is 6.91. The van der Waals surface area contributed by atoms with E-state index in [0.29, 0.717) is 5.56 Å². The van der Waals surface area contributed by atoms with Gasteiger partial charge in [0.05, 0.1) is 0 Å². The molecule has 2 aromatic rings. The van der Waals surface area contributed by atoms with Crippen LogP contribution in [-0.4, -0.2) is 13.9 Å². The van der Waals surface area contributed by atoms with Crippen molar-refractivity contribution in [2.24, 2.45) is 5.73 Å². The van der Waals surface area contributed by atoms with E-state index in [1.165, 1.54) is 17.4 Å². The molecule has 2 N–H and O–H groups in total. The van der Waals surface area contributed by atoms with Gasteiger partial charge >= 0.3 is 15.6 Å². The van der Waals surface area contributed by atoms with Crippen LogP contribution in [0.1, 0.15) is 11.1 Å². The Morgan fingerprint density at radius 1 is 1.30 bits per heavy atom. The van der Waals surface area contributed by atoms with E-state index in [1.807, 2.05) is 18.4 Å². The Labute approximate surface area is 142 Å². The van der Waals surface area contributed by atoms with E-state index in [9.17, 15) is 21.6 Å². The van der Waals surface area contributed by atoms with Gasteiger partial charge in [-0.25, -0.2) is 0 Å². The number of nitrogens with two attached hydrogens (primary N) is 1. The third-order valence-electron chi connectivity index (χ3n) is 2.82. The van der Waals surface area contributed by atoms with Crippen LogP contribution in [-0.2, 0) is 16.7 Å². The van der Waals surface area contributed by atoms with Crippen molar-refractivity contribution >= 4 is 35.0 Å². The van der Waals surface area contributed by atoms with Gasteiger partial charge < -0.3 is 9.92 Å². The van der Waals surface area contributed by atoms with Crippen molar-refractivity contribution in [3.63, 3.8) is 0 Å². The number of benzene rings is 1. The van der Waals surface area contributed by atoms with Crippen molar-refractivity contribution < 1.29 is 25.8 Å². The van der Waals surface area contributed by atoms with Crippen LogP contribution in [0.25, 0.3) is 10.4 Å². The second-order valence-electron chi connectivity index (χ2n) is 4.46. The molecule has 0 fully saturated rings. The van der Waals surface area contributed by atoms with Gasteiger partial charge in [0.2, 0.25) is 0 Å². The zero-order valence-electron chi connectivity index (χ0n) is 11.8. The molecule has 0 aliphatic heterocycles. The lowest BCUT2D eigenvalue weighted by atomic mass is 10.0. The summed E-state index contributed by atoms with van der Waals surface area (Å²) in [4.78, 5) is 0.771. The first-order valence-electron chi connectivity index (χ1n) is 6.04. The maximum absolute atomic E-state index is 12.4. The normalized spacial score (nSPS) is 11.9. The zero-order chi connectivity index (χ0) is 16.5. The molecule has 0 spiro atoms. The van der Waals surface area contributed by atoms with Gasteiger partial charge in [0, 0.05) is 17.0 Å². The van der Waals surface area contributed by atoms with E-state index in [-0.39, 0.29) is 25.6 Å². The Balaban J connectivity index is 0.00000264. The van der Waals surface area contributed by atoms with Gasteiger partial charge in [-0.15, -0.1) is 11.3 Å². The summed E-state index contributed by atoms with van der Waals surface area (Å²) in [6, 6.07) is 6.06. The molecule has 1 aromatic heterocycles. The van der Waals surface area contributed by atoms with Crippen LogP contribution in [0.3, 0.4) is 0 Å². The average Bonchev–Trinajstić information content (AvgIpc) is 2.83. The summed E-state index contributed by atoms with van der Waals surface area (Å²) >= 11 is 1.38. The highest BCUT2D eigenvalue weighted by molar-refractivity contribution is 7.88. The molecule has 2 rings (SSSR count). The molecule has 0 saturated carbocycles. The molecule has 0 amide bonds. The number of alkyl halides is 3. The van der Waals surface area contributed by atoms with E-state index >= 15 is 0 Å². The summed E-state index contributed by atoms with van der Waals surface area (Å²) in [6.45, 7) is 1.71. The van der Waals surface area contributed by atoms with Gasteiger partial charge in [0.25, 0.3) is 0 Å². The molecule has 0 unspecified atom stereocenters. The largest absolute Gasteiger partial charge is 0.534 e. The van der Waals surface area contributed by atoms with Crippen molar-refractivity contribution in [3.8, 4) is 16.2 Å². The fourth-order valence-corrected chi connectivity index (χ4v) is 3.26. The van der Waals surface area contributed by atoms with Gasteiger partial charge in [-0.2, -0.15) is 35.1 Å². The monoisotopic (exact) mass is 385 g/mol. The van der Waals surface area contributed by atoms with Crippen LogP contribution in [0, 0.1) is 6.92 Å². The number of aryl methyl sites for hydroxylation is 1. The van der Waals surface area contributed by atoms with E-state index < -0.39 is 21.4 Å². The quantitative estimate of drug-likeness (QED) is 0.646. The lowest BCUT2D eigenvalue weighted by molar-refractivity contribution is -0.0500. The van der Waals surface area contributed by atoms with Crippen LogP contribution in [0.5, 0.6) is 5.75 Å². The van der Waals surface area contributed by atoms with Crippen LogP contribution in [0.4, 0.5) is 13.2 Å². The zero-order valence-corrected chi connectivity index (χ0v) is 14.5. The molecule has 10 heteroatoms. The summed E-state index contributed by atoms with van der Waals surface area (Å²) in [6.07, 6.45) is 0. The third kappa shape index (κ3) is 4.19. The number of halogens is 3. The predicted molar refractivity (Wildman–Crippen MR) is 88.4 cm³/mol. The van der Waals surface area contributed by atoms with Crippen LogP contribution < -0.4 is 9.92 Å². The molecule has 0 atom stereocenters. The second kappa shape index (κ2) is 7.12. The van der Waals surface area contributed by atoms with Gasteiger partial charge in [-0.05, 0) is 35.6 Å². The number of hydrogen-bond donors (Lipinski definition) is 1. The van der Waals surface area contributed by atoms with Gasteiger partial charge in [-0.1, -0.05) is 12.1 Å². The minimum Gasteiger partial charge on any atom is -0.376 e. The Bertz CT molecular complexity index is 785. The fourth-order valence-electron chi connectivity index (χ4n) is 1.82. The molecule has 1 heterocycles. The highest BCUT2D eigenvalue weighted by Crippen LogP contribution is 2.36. The van der Waals surface area contributed by atoms with E-state index in [2.05, 4.69) is 4.18 Å². The molecular formula is C13H14F3NO3S3. The standard InChI is InChI=1S/C13H12F3NO3S2.H2S/c1-8-5-12(21-7-8)9-3-2-4-11(10(9)6-17)20-22(18,19)13(14,15)16;/h2-5,7H,6,17H2,1H3;1H2. The van der Waals surface area contributed by atoms with Crippen molar-refractivity contribution in [1.29, 1.82) is 0 Å². The summed E-state index contributed by atoms with van der Waals surface area (Å²) in [5.41, 5.74) is 1.82. The molecule has 128 valence electrons. The lowest BCUT2D eigenvalue weighted by Crippen LogP contribution is -2.28. The van der Waals surface area contributed by atoms with E-state index in [0.717, 1.165) is 16.5 Å². The predicted octanol–water partition coefficient (Wildman–Crippen LogP) is 3.52. The Morgan fingerprint density at radius 2 is 1.96 bits per heavy atom. The molecular weight excluding hydrogens is 371 g/mol. The number of hydrogen-bond acceptors (Lipinski definition) is 5. The topological polar surface area (TPSA) is 69.4 Å². The molecule has 0 radical (unpaired) electrons. The van der Waals surface area contributed by atoms with Crippen LogP contribution in [0.2, 0.25) is 0 Å². The molecule has 0 saturated heterocycles. The highest BCUT2D eigenvalue weighted by atomic mass is 32.2. The first-order valence-corrected chi connectivity index (χ1v) is 8.32. The summed E-state index contributed by atoms with van der Waals surface area (Å²) in [5, 5.41) is 1.87. The summed E-state index contributed by atoms with van der Waals surface area (Å²) in [7, 11) is -5.73. The maximum Gasteiger partial charge on any atom is 0.534 e. The lowest BCUT2D eigenvalue weighted by Gasteiger charge is -2.14. The first-order chi connectivity index (χ1) is 10.2. The minimum atomic E-state index is -5.73.